The number of urea groups is 1. The highest BCUT2D eigenvalue weighted by atomic mass is 16.5. The predicted octanol–water partition coefficient (Wildman–Crippen LogP) is 1.95. The molecule has 2 amide bonds. The monoisotopic (exact) mass is 355 g/mol. The summed E-state index contributed by atoms with van der Waals surface area (Å²) in [6.07, 6.45) is 5.88. The average Bonchev–Trinajstić information content (AvgIpc) is 2.69. The molecular weight excluding hydrogens is 330 g/mol. The Morgan fingerprint density at radius 2 is 2.08 bits per heavy atom. The molecule has 0 radical (unpaired) electrons. The third-order valence-electron chi connectivity index (χ3n) is 4.49. The van der Waals surface area contributed by atoms with Gasteiger partial charge in [0.05, 0.1) is 13.3 Å². The van der Waals surface area contributed by atoms with Crippen LogP contribution >= 0.6 is 0 Å². The Kier molecular flexibility index (Phi) is 5.88. The summed E-state index contributed by atoms with van der Waals surface area (Å²) in [5, 5.41) is 3.09. The molecule has 1 fully saturated rings. The highest BCUT2D eigenvalue weighted by Gasteiger charge is 2.22. The molecule has 0 spiro atoms. The number of methoxy groups -OCH3 is 1. The summed E-state index contributed by atoms with van der Waals surface area (Å²) in [5.41, 5.74) is 1.14. The standard InChI is InChI=1S/C19H25N5O2/c1-15(12-16-4-3-5-17(13-16)26-2)22-19(25)24-10-8-23(9-11-24)18-14-20-6-7-21-18/h3-7,13-15H,8-12H2,1-2H3,(H,22,25). The van der Waals surface area contributed by atoms with Gasteiger partial charge in [0.2, 0.25) is 0 Å². The van der Waals surface area contributed by atoms with Crippen LogP contribution in [0.5, 0.6) is 5.75 Å². The number of nitrogens with zero attached hydrogens (tertiary/aromatic N) is 4. The molecule has 1 atom stereocenters. The van der Waals surface area contributed by atoms with Crippen LogP contribution in [0.2, 0.25) is 0 Å². The van der Waals surface area contributed by atoms with Crippen molar-refractivity contribution in [2.24, 2.45) is 0 Å². The van der Waals surface area contributed by atoms with Crippen LogP contribution in [0.25, 0.3) is 0 Å². The zero-order chi connectivity index (χ0) is 18.4. The van der Waals surface area contributed by atoms with E-state index < -0.39 is 0 Å². The number of hydrogen-bond donors (Lipinski definition) is 1. The molecule has 3 rings (SSSR count). The summed E-state index contributed by atoms with van der Waals surface area (Å²) < 4.78 is 5.25. The second-order valence-corrected chi connectivity index (χ2v) is 6.44. The van der Waals surface area contributed by atoms with Gasteiger partial charge in [0.25, 0.3) is 0 Å². The summed E-state index contributed by atoms with van der Waals surface area (Å²) in [4.78, 5) is 24.9. The van der Waals surface area contributed by atoms with Gasteiger partial charge >= 0.3 is 6.03 Å². The lowest BCUT2D eigenvalue weighted by atomic mass is 10.1. The molecule has 1 aliphatic rings. The SMILES string of the molecule is COc1cccc(CC(C)NC(=O)N2CCN(c3cnccn3)CC2)c1. The number of rotatable bonds is 5. The van der Waals surface area contributed by atoms with Crippen molar-refractivity contribution in [3.05, 3.63) is 48.4 Å². The fourth-order valence-electron chi connectivity index (χ4n) is 3.10. The molecule has 1 saturated heterocycles. The van der Waals surface area contributed by atoms with Crippen molar-refractivity contribution in [1.82, 2.24) is 20.2 Å². The van der Waals surface area contributed by atoms with E-state index in [4.69, 9.17) is 4.74 Å². The Hall–Kier alpha value is -2.83. The predicted molar refractivity (Wildman–Crippen MR) is 101 cm³/mol. The first-order valence-corrected chi connectivity index (χ1v) is 8.85. The van der Waals surface area contributed by atoms with Crippen molar-refractivity contribution in [3.63, 3.8) is 0 Å². The number of piperazine rings is 1. The van der Waals surface area contributed by atoms with E-state index in [1.807, 2.05) is 36.1 Å². The van der Waals surface area contributed by atoms with Crippen LogP contribution in [0.1, 0.15) is 12.5 Å². The van der Waals surface area contributed by atoms with Gasteiger partial charge in [-0.2, -0.15) is 0 Å². The summed E-state index contributed by atoms with van der Waals surface area (Å²) >= 11 is 0. The van der Waals surface area contributed by atoms with Crippen LogP contribution in [0, 0.1) is 0 Å². The number of carbonyl (C=O) groups is 1. The van der Waals surface area contributed by atoms with Gasteiger partial charge in [0.1, 0.15) is 11.6 Å². The largest absolute Gasteiger partial charge is 0.497 e. The fourth-order valence-corrected chi connectivity index (χ4v) is 3.10. The second-order valence-electron chi connectivity index (χ2n) is 6.44. The van der Waals surface area contributed by atoms with Gasteiger partial charge in [-0.1, -0.05) is 12.1 Å². The van der Waals surface area contributed by atoms with Crippen LogP contribution in [-0.2, 0) is 6.42 Å². The number of ether oxygens (including phenoxy) is 1. The summed E-state index contributed by atoms with van der Waals surface area (Å²) in [5.74, 6) is 1.69. The molecule has 0 bridgehead atoms. The molecule has 1 aromatic carbocycles. The lowest BCUT2D eigenvalue weighted by Crippen LogP contribution is -2.53. The maximum Gasteiger partial charge on any atom is 0.317 e. The van der Waals surface area contributed by atoms with Crippen molar-refractivity contribution >= 4 is 11.8 Å². The van der Waals surface area contributed by atoms with Gasteiger partial charge in [-0.25, -0.2) is 9.78 Å². The Labute approximate surface area is 154 Å². The quantitative estimate of drug-likeness (QED) is 0.888. The molecular formula is C19H25N5O2. The molecule has 0 aliphatic carbocycles. The minimum atomic E-state index is -0.0146. The van der Waals surface area contributed by atoms with E-state index in [1.165, 1.54) is 0 Å². The summed E-state index contributed by atoms with van der Waals surface area (Å²) in [7, 11) is 1.66. The lowest BCUT2D eigenvalue weighted by Gasteiger charge is -2.35. The molecule has 7 nitrogen and oxygen atoms in total. The van der Waals surface area contributed by atoms with Crippen molar-refractivity contribution in [1.29, 1.82) is 0 Å². The minimum absolute atomic E-state index is 0.0146. The van der Waals surface area contributed by atoms with E-state index in [0.29, 0.717) is 13.1 Å². The first-order chi connectivity index (χ1) is 12.7. The van der Waals surface area contributed by atoms with Gasteiger partial charge in [-0.3, -0.25) is 4.98 Å². The van der Waals surface area contributed by atoms with E-state index in [0.717, 1.165) is 36.6 Å². The van der Waals surface area contributed by atoms with Gasteiger partial charge < -0.3 is 19.9 Å². The van der Waals surface area contributed by atoms with Crippen LogP contribution in [-0.4, -0.2) is 60.2 Å². The zero-order valence-electron chi connectivity index (χ0n) is 15.3. The third kappa shape index (κ3) is 4.62. The van der Waals surface area contributed by atoms with Crippen molar-refractivity contribution < 1.29 is 9.53 Å². The maximum atomic E-state index is 12.5. The van der Waals surface area contributed by atoms with Crippen molar-refractivity contribution in [2.45, 2.75) is 19.4 Å². The number of benzene rings is 1. The Morgan fingerprint density at radius 1 is 1.27 bits per heavy atom. The van der Waals surface area contributed by atoms with Crippen LogP contribution < -0.4 is 15.0 Å². The van der Waals surface area contributed by atoms with Crippen molar-refractivity contribution in [3.8, 4) is 5.75 Å². The van der Waals surface area contributed by atoms with E-state index in [-0.39, 0.29) is 12.1 Å². The minimum Gasteiger partial charge on any atom is -0.497 e. The third-order valence-corrected chi connectivity index (χ3v) is 4.49. The molecule has 1 N–H and O–H groups in total. The van der Waals surface area contributed by atoms with Gasteiger partial charge in [0, 0.05) is 44.6 Å². The average molecular weight is 355 g/mol. The number of amides is 2. The number of nitrogens with one attached hydrogen (secondary N) is 1. The van der Waals surface area contributed by atoms with Gasteiger partial charge in [-0.05, 0) is 31.0 Å². The van der Waals surface area contributed by atoms with E-state index in [2.05, 4.69) is 20.2 Å². The van der Waals surface area contributed by atoms with E-state index >= 15 is 0 Å². The second kappa shape index (κ2) is 8.51. The van der Waals surface area contributed by atoms with Crippen LogP contribution in [0.4, 0.5) is 10.6 Å². The summed E-state index contributed by atoms with van der Waals surface area (Å²) in [6, 6.07) is 7.97. The van der Waals surface area contributed by atoms with E-state index in [1.54, 1.807) is 25.7 Å². The highest BCUT2D eigenvalue weighted by Crippen LogP contribution is 2.15. The first kappa shape index (κ1) is 18.0. The molecule has 1 aliphatic heterocycles. The topological polar surface area (TPSA) is 70.6 Å². The highest BCUT2D eigenvalue weighted by molar-refractivity contribution is 5.74. The fraction of sp³-hybridized carbons (Fsp3) is 0.421. The summed E-state index contributed by atoms with van der Waals surface area (Å²) in [6.45, 7) is 4.89. The molecule has 2 heterocycles. The molecule has 7 heteroatoms. The molecule has 0 saturated carbocycles. The number of anilines is 1. The molecule has 1 unspecified atom stereocenters. The van der Waals surface area contributed by atoms with Crippen LogP contribution in [0.3, 0.4) is 0 Å². The van der Waals surface area contributed by atoms with Crippen LogP contribution in [0.15, 0.2) is 42.9 Å². The maximum absolute atomic E-state index is 12.5. The Morgan fingerprint density at radius 3 is 2.77 bits per heavy atom. The Balaban J connectivity index is 1.47. The normalized spacial score (nSPS) is 15.5. The lowest BCUT2D eigenvalue weighted by molar-refractivity contribution is 0.191. The molecule has 1 aromatic heterocycles. The number of aromatic nitrogens is 2. The smallest absolute Gasteiger partial charge is 0.317 e. The van der Waals surface area contributed by atoms with Gasteiger partial charge in [-0.15, -0.1) is 0 Å². The zero-order valence-corrected chi connectivity index (χ0v) is 15.3. The Bertz CT molecular complexity index is 717. The van der Waals surface area contributed by atoms with Gasteiger partial charge in [0.15, 0.2) is 0 Å². The molecule has 26 heavy (non-hydrogen) atoms. The molecule has 2 aromatic rings. The number of hydrogen-bond acceptors (Lipinski definition) is 5. The molecule has 138 valence electrons. The van der Waals surface area contributed by atoms with Crippen molar-refractivity contribution in [2.75, 3.05) is 38.2 Å². The first-order valence-electron chi connectivity index (χ1n) is 8.85. The number of carbonyl (C=O) groups excluding carboxylic acids is 1. The van der Waals surface area contributed by atoms with E-state index in [9.17, 15) is 4.79 Å².